The highest BCUT2D eigenvalue weighted by atomic mass is 16.6. The van der Waals surface area contributed by atoms with E-state index in [0.717, 1.165) is 69.6 Å². The molecule has 59 heavy (non-hydrogen) atoms. The predicted octanol–water partition coefficient (Wildman–Crippen LogP) is 16.9. The summed E-state index contributed by atoms with van der Waals surface area (Å²) < 4.78 is 16.8. The number of ether oxygens (including phenoxy) is 3. The summed E-state index contributed by atoms with van der Waals surface area (Å²) in [6, 6.07) is 0. The Morgan fingerprint density at radius 3 is 0.966 bits per heavy atom. The second kappa shape index (κ2) is 45.9. The Morgan fingerprint density at radius 1 is 0.356 bits per heavy atom. The van der Waals surface area contributed by atoms with Gasteiger partial charge in [-0.05, 0) is 31.1 Å². The van der Waals surface area contributed by atoms with Gasteiger partial charge in [-0.1, -0.05) is 253 Å². The number of unbranched alkanes of at least 4 members (excludes halogenated alkanes) is 31. The number of hydrogen-bond acceptors (Lipinski definition) is 6. The summed E-state index contributed by atoms with van der Waals surface area (Å²) in [7, 11) is 0. The summed E-state index contributed by atoms with van der Waals surface area (Å²) >= 11 is 0. The molecule has 0 aromatic carbocycles. The van der Waals surface area contributed by atoms with Gasteiger partial charge in [0.1, 0.15) is 13.2 Å². The Bertz CT molecular complexity index is 902. The van der Waals surface area contributed by atoms with Crippen LogP contribution in [0, 0.1) is 11.8 Å². The van der Waals surface area contributed by atoms with Crippen molar-refractivity contribution >= 4 is 17.9 Å². The molecular weight excluding hydrogens is 733 g/mol. The largest absolute Gasteiger partial charge is 0.462 e. The molecule has 1 unspecified atom stereocenters. The highest BCUT2D eigenvalue weighted by molar-refractivity contribution is 5.71. The standard InChI is InChI=1S/C53H102O6/c1-6-8-9-10-11-12-13-16-20-23-28-33-38-43-51(54)57-46-50(59-53(56)45-40-35-30-25-26-31-36-41-48(3)4)47-58-52(55)44-39-34-29-24-21-18-15-14-17-19-22-27-32-37-42-49(5)7-2/h48-50H,6-47H2,1-5H3/t49?,50-/m1/s1. The maximum Gasteiger partial charge on any atom is 0.306 e. The Morgan fingerprint density at radius 2 is 0.644 bits per heavy atom. The van der Waals surface area contributed by atoms with Gasteiger partial charge < -0.3 is 14.2 Å². The zero-order chi connectivity index (χ0) is 43.3. The number of rotatable bonds is 47. The summed E-state index contributed by atoms with van der Waals surface area (Å²) in [6.07, 6.45) is 46.6. The summed E-state index contributed by atoms with van der Waals surface area (Å²) in [4.78, 5) is 37.9. The van der Waals surface area contributed by atoms with Gasteiger partial charge in [0.05, 0.1) is 0 Å². The number of hydrogen-bond donors (Lipinski definition) is 0. The number of esters is 3. The summed E-state index contributed by atoms with van der Waals surface area (Å²) in [5.41, 5.74) is 0. The fourth-order valence-corrected chi connectivity index (χ4v) is 7.96. The molecule has 6 nitrogen and oxygen atoms in total. The fraction of sp³-hybridized carbons (Fsp3) is 0.943. The monoisotopic (exact) mass is 835 g/mol. The highest BCUT2D eigenvalue weighted by Gasteiger charge is 2.19. The van der Waals surface area contributed by atoms with E-state index in [1.165, 1.54) is 180 Å². The number of carbonyl (C=O) groups is 3. The summed E-state index contributed by atoms with van der Waals surface area (Å²) in [6.45, 7) is 11.4. The molecule has 0 aliphatic carbocycles. The van der Waals surface area contributed by atoms with Crippen molar-refractivity contribution in [2.75, 3.05) is 13.2 Å². The van der Waals surface area contributed by atoms with E-state index in [4.69, 9.17) is 14.2 Å². The second-order valence-electron chi connectivity index (χ2n) is 18.9. The Kier molecular flexibility index (Phi) is 44.7. The molecular formula is C53H102O6. The Balaban J connectivity index is 4.25. The summed E-state index contributed by atoms with van der Waals surface area (Å²) in [5, 5.41) is 0. The maximum atomic E-state index is 12.7. The third-order valence-corrected chi connectivity index (χ3v) is 12.3. The first-order chi connectivity index (χ1) is 28.8. The van der Waals surface area contributed by atoms with Crippen molar-refractivity contribution in [1.82, 2.24) is 0 Å². The Hall–Kier alpha value is -1.59. The van der Waals surface area contributed by atoms with E-state index in [2.05, 4.69) is 34.6 Å². The van der Waals surface area contributed by atoms with Crippen LogP contribution in [-0.2, 0) is 28.6 Å². The molecule has 0 bridgehead atoms. The van der Waals surface area contributed by atoms with Gasteiger partial charge >= 0.3 is 17.9 Å². The van der Waals surface area contributed by atoms with Crippen LogP contribution in [0.15, 0.2) is 0 Å². The quantitative estimate of drug-likeness (QED) is 0.0345. The molecule has 2 atom stereocenters. The topological polar surface area (TPSA) is 78.9 Å². The average molecular weight is 835 g/mol. The lowest BCUT2D eigenvalue weighted by atomic mass is 9.99. The minimum Gasteiger partial charge on any atom is -0.462 e. The van der Waals surface area contributed by atoms with Gasteiger partial charge in [-0.3, -0.25) is 14.4 Å². The van der Waals surface area contributed by atoms with Gasteiger partial charge in [0.15, 0.2) is 6.10 Å². The van der Waals surface area contributed by atoms with Crippen molar-refractivity contribution in [1.29, 1.82) is 0 Å². The van der Waals surface area contributed by atoms with E-state index < -0.39 is 6.10 Å². The maximum absolute atomic E-state index is 12.7. The van der Waals surface area contributed by atoms with E-state index >= 15 is 0 Å². The van der Waals surface area contributed by atoms with E-state index in [1.54, 1.807) is 0 Å². The number of carbonyl (C=O) groups excluding carboxylic acids is 3. The molecule has 0 aromatic heterocycles. The molecule has 0 saturated heterocycles. The van der Waals surface area contributed by atoms with Crippen LogP contribution in [0.4, 0.5) is 0 Å². The third kappa shape index (κ3) is 45.8. The Labute approximate surface area is 368 Å². The summed E-state index contributed by atoms with van der Waals surface area (Å²) in [5.74, 6) is 0.823. The molecule has 0 N–H and O–H groups in total. The van der Waals surface area contributed by atoms with Crippen molar-refractivity contribution in [3.05, 3.63) is 0 Å². The molecule has 0 heterocycles. The van der Waals surface area contributed by atoms with Crippen molar-refractivity contribution in [3.63, 3.8) is 0 Å². The van der Waals surface area contributed by atoms with Gasteiger partial charge in [-0.2, -0.15) is 0 Å². The first kappa shape index (κ1) is 57.4. The van der Waals surface area contributed by atoms with Crippen LogP contribution < -0.4 is 0 Å². The van der Waals surface area contributed by atoms with E-state index in [1.807, 2.05) is 0 Å². The van der Waals surface area contributed by atoms with Gasteiger partial charge in [0.2, 0.25) is 0 Å². The van der Waals surface area contributed by atoms with Gasteiger partial charge in [0, 0.05) is 19.3 Å². The van der Waals surface area contributed by atoms with Crippen molar-refractivity contribution in [2.24, 2.45) is 11.8 Å². The third-order valence-electron chi connectivity index (χ3n) is 12.3. The molecule has 0 radical (unpaired) electrons. The molecule has 0 aliphatic rings. The average Bonchev–Trinajstić information content (AvgIpc) is 3.22. The molecule has 0 saturated carbocycles. The van der Waals surface area contributed by atoms with Crippen LogP contribution >= 0.6 is 0 Å². The molecule has 0 aliphatic heterocycles. The minimum atomic E-state index is -0.762. The normalized spacial score (nSPS) is 12.5. The second-order valence-corrected chi connectivity index (χ2v) is 18.9. The van der Waals surface area contributed by atoms with Crippen LogP contribution in [0.2, 0.25) is 0 Å². The molecule has 0 fully saturated rings. The van der Waals surface area contributed by atoms with Crippen molar-refractivity contribution in [3.8, 4) is 0 Å². The first-order valence-corrected chi connectivity index (χ1v) is 26.3. The van der Waals surface area contributed by atoms with Crippen LogP contribution in [0.5, 0.6) is 0 Å². The lowest BCUT2D eigenvalue weighted by Gasteiger charge is -2.18. The lowest BCUT2D eigenvalue weighted by molar-refractivity contribution is -0.167. The zero-order valence-corrected chi connectivity index (χ0v) is 40.4. The van der Waals surface area contributed by atoms with Crippen LogP contribution in [-0.4, -0.2) is 37.2 Å². The molecule has 0 rings (SSSR count). The molecule has 0 aromatic rings. The smallest absolute Gasteiger partial charge is 0.306 e. The van der Waals surface area contributed by atoms with E-state index in [-0.39, 0.29) is 31.1 Å². The van der Waals surface area contributed by atoms with Gasteiger partial charge in [-0.25, -0.2) is 0 Å². The predicted molar refractivity (Wildman–Crippen MR) is 252 cm³/mol. The van der Waals surface area contributed by atoms with E-state index in [9.17, 15) is 14.4 Å². The van der Waals surface area contributed by atoms with E-state index in [0.29, 0.717) is 19.3 Å². The zero-order valence-electron chi connectivity index (χ0n) is 40.4. The SMILES string of the molecule is CCCCCCCCCCCCCCCC(=O)OC[C@H](COC(=O)CCCCCCCCCCCCCCCCC(C)CC)OC(=O)CCCCCCCCCC(C)C. The molecule has 350 valence electrons. The molecule has 6 heteroatoms. The van der Waals surface area contributed by atoms with Crippen LogP contribution in [0.1, 0.15) is 291 Å². The highest BCUT2D eigenvalue weighted by Crippen LogP contribution is 2.18. The van der Waals surface area contributed by atoms with Crippen molar-refractivity contribution in [2.45, 2.75) is 298 Å². The van der Waals surface area contributed by atoms with Crippen LogP contribution in [0.3, 0.4) is 0 Å². The van der Waals surface area contributed by atoms with Gasteiger partial charge in [0.25, 0.3) is 0 Å². The minimum absolute atomic E-state index is 0.0643. The van der Waals surface area contributed by atoms with Crippen molar-refractivity contribution < 1.29 is 28.6 Å². The lowest BCUT2D eigenvalue weighted by Crippen LogP contribution is -2.30. The molecule has 0 spiro atoms. The van der Waals surface area contributed by atoms with Gasteiger partial charge in [-0.15, -0.1) is 0 Å². The first-order valence-electron chi connectivity index (χ1n) is 26.3. The molecule has 0 amide bonds. The van der Waals surface area contributed by atoms with Crippen LogP contribution in [0.25, 0.3) is 0 Å². The fourth-order valence-electron chi connectivity index (χ4n) is 7.96.